The highest BCUT2D eigenvalue weighted by Crippen LogP contribution is 2.27. The Morgan fingerprint density at radius 1 is 1.31 bits per heavy atom. The fourth-order valence-corrected chi connectivity index (χ4v) is 4.67. The number of hydrogen-bond donors (Lipinski definition) is 1. The number of nitrogens with one attached hydrogen (secondary N) is 1. The SMILES string of the molecule is C#CC1CNCC(=O)C/C1=C/CC=NCc1cc(Cc2cc(Cl)cc(C(F)F)c2)n(C(=C)CC/C(F)=C(\C)Cl)n1.CF. The maximum absolute atomic E-state index is 14.0. The molecular weight excluding hydrogens is 591 g/mol. The first-order valence-electron chi connectivity index (χ1n) is 13.1. The molecule has 0 bridgehead atoms. The van der Waals surface area contributed by atoms with Crippen molar-refractivity contribution < 1.29 is 22.4 Å². The number of aliphatic imine (C=N–C) groups is 1. The van der Waals surface area contributed by atoms with Gasteiger partial charge < -0.3 is 5.32 Å². The van der Waals surface area contributed by atoms with Crippen molar-refractivity contribution in [3.63, 3.8) is 0 Å². The van der Waals surface area contributed by atoms with Gasteiger partial charge in [0.25, 0.3) is 6.43 Å². The molecule has 0 spiro atoms. The highest BCUT2D eigenvalue weighted by molar-refractivity contribution is 6.30. The zero-order valence-electron chi connectivity index (χ0n) is 23.6. The average Bonchev–Trinajstić information content (AvgIpc) is 3.26. The van der Waals surface area contributed by atoms with Crippen molar-refractivity contribution in [2.75, 3.05) is 20.3 Å². The zero-order chi connectivity index (χ0) is 31.2. The van der Waals surface area contributed by atoms with E-state index in [-0.39, 0.29) is 53.1 Å². The number of terminal acetylenes is 1. The molecule has 1 unspecified atom stereocenters. The predicted octanol–water partition coefficient (Wildman–Crippen LogP) is 8.04. The summed E-state index contributed by atoms with van der Waals surface area (Å²) in [7, 11) is 0.500. The lowest BCUT2D eigenvalue weighted by Gasteiger charge is -2.11. The number of carbonyl (C=O) groups is 1. The van der Waals surface area contributed by atoms with Gasteiger partial charge in [0.1, 0.15) is 5.83 Å². The van der Waals surface area contributed by atoms with Gasteiger partial charge >= 0.3 is 0 Å². The molecule has 5 nitrogen and oxygen atoms in total. The Bertz CT molecular complexity index is 1370. The number of Topliss-reactive ketones (excluding diaryl/α,β-unsaturated/α-hetero) is 1. The van der Waals surface area contributed by atoms with Crippen LogP contribution >= 0.6 is 23.2 Å². The summed E-state index contributed by atoms with van der Waals surface area (Å²) in [6, 6.07) is 6.07. The average molecular weight is 626 g/mol. The molecule has 1 atom stereocenters. The third-order valence-corrected chi connectivity index (χ3v) is 6.77. The van der Waals surface area contributed by atoms with Crippen LogP contribution in [0.15, 0.2) is 58.3 Å². The van der Waals surface area contributed by atoms with Gasteiger partial charge in [-0.1, -0.05) is 47.4 Å². The summed E-state index contributed by atoms with van der Waals surface area (Å²) in [6.45, 7) is 6.65. The van der Waals surface area contributed by atoms with E-state index in [4.69, 9.17) is 29.6 Å². The van der Waals surface area contributed by atoms with Crippen LogP contribution in [0.2, 0.25) is 5.02 Å². The Kier molecular flexibility index (Phi) is 14.7. The Hall–Kier alpha value is -3.19. The van der Waals surface area contributed by atoms with E-state index < -0.39 is 12.3 Å². The molecule has 1 aliphatic heterocycles. The van der Waals surface area contributed by atoms with Crippen molar-refractivity contribution >= 4 is 40.9 Å². The van der Waals surface area contributed by atoms with Gasteiger partial charge in [0.15, 0.2) is 5.78 Å². The maximum Gasteiger partial charge on any atom is 0.263 e. The van der Waals surface area contributed by atoms with E-state index in [1.54, 1.807) is 17.0 Å². The Balaban J connectivity index is 0.00000301. The zero-order valence-corrected chi connectivity index (χ0v) is 25.1. The van der Waals surface area contributed by atoms with Crippen LogP contribution in [-0.4, -0.2) is 42.0 Å². The molecule has 1 aromatic heterocycles. The molecule has 0 saturated carbocycles. The van der Waals surface area contributed by atoms with E-state index in [1.807, 2.05) is 12.1 Å². The van der Waals surface area contributed by atoms with Crippen LogP contribution in [0.3, 0.4) is 0 Å². The molecule has 226 valence electrons. The maximum atomic E-state index is 14.0. The molecule has 2 aromatic rings. The summed E-state index contributed by atoms with van der Waals surface area (Å²) in [5, 5.41) is 7.95. The van der Waals surface area contributed by atoms with Crippen LogP contribution in [0.4, 0.5) is 17.6 Å². The van der Waals surface area contributed by atoms with Crippen molar-refractivity contribution in [3.05, 3.63) is 80.9 Å². The number of benzene rings is 1. The van der Waals surface area contributed by atoms with E-state index in [0.29, 0.717) is 55.8 Å². The molecule has 1 saturated heterocycles. The van der Waals surface area contributed by atoms with Gasteiger partial charge in [0.05, 0.1) is 31.9 Å². The fourth-order valence-electron chi connectivity index (χ4n) is 4.31. The molecule has 0 radical (unpaired) electrons. The van der Waals surface area contributed by atoms with Crippen LogP contribution in [0.25, 0.3) is 5.70 Å². The minimum Gasteiger partial charge on any atom is -0.308 e. The summed E-state index contributed by atoms with van der Waals surface area (Å²) in [6.07, 6.45) is 8.02. The second-order valence-corrected chi connectivity index (χ2v) is 10.5. The Labute approximate surface area is 254 Å². The van der Waals surface area contributed by atoms with Gasteiger partial charge in [0.2, 0.25) is 0 Å². The normalized spacial score (nSPS) is 17.1. The van der Waals surface area contributed by atoms with E-state index in [9.17, 15) is 22.4 Å². The fraction of sp³-hybridized carbons (Fsp3) is 0.387. The van der Waals surface area contributed by atoms with Crippen molar-refractivity contribution in [1.82, 2.24) is 15.1 Å². The molecule has 1 aromatic carbocycles. The van der Waals surface area contributed by atoms with E-state index in [0.717, 1.165) is 5.57 Å². The first-order chi connectivity index (χ1) is 20.1. The molecule has 0 aliphatic carbocycles. The quantitative estimate of drug-likeness (QED) is 0.119. The Morgan fingerprint density at radius 3 is 2.71 bits per heavy atom. The monoisotopic (exact) mass is 624 g/mol. The summed E-state index contributed by atoms with van der Waals surface area (Å²) >= 11 is 11.8. The molecule has 3 rings (SSSR count). The summed E-state index contributed by atoms with van der Waals surface area (Å²) in [5.74, 6) is 2.24. The van der Waals surface area contributed by atoms with E-state index in [1.165, 1.54) is 19.1 Å². The van der Waals surface area contributed by atoms with Crippen LogP contribution in [0.1, 0.15) is 61.5 Å². The second kappa shape index (κ2) is 17.7. The lowest BCUT2D eigenvalue weighted by Crippen LogP contribution is -2.23. The lowest BCUT2D eigenvalue weighted by atomic mass is 9.96. The van der Waals surface area contributed by atoms with Crippen molar-refractivity contribution in [1.29, 1.82) is 0 Å². The predicted molar refractivity (Wildman–Crippen MR) is 162 cm³/mol. The van der Waals surface area contributed by atoms with Crippen LogP contribution in [-0.2, 0) is 17.8 Å². The number of nitrogens with zero attached hydrogens (tertiary/aromatic N) is 3. The first-order valence-corrected chi connectivity index (χ1v) is 13.9. The highest BCUT2D eigenvalue weighted by atomic mass is 35.5. The van der Waals surface area contributed by atoms with Gasteiger partial charge in [-0.2, -0.15) is 5.10 Å². The summed E-state index contributed by atoms with van der Waals surface area (Å²) in [5.41, 5.74) is 3.13. The number of hydrogen-bond acceptors (Lipinski definition) is 4. The minimum absolute atomic E-state index is 0.0546. The topological polar surface area (TPSA) is 59.3 Å². The molecular formula is C31H34Cl2F4N4O. The van der Waals surface area contributed by atoms with E-state index >= 15 is 0 Å². The molecule has 1 aliphatic rings. The van der Waals surface area contributed by atoms with Crippen LogP contribution < -0.4 is 5.32 Å². The van der Waals surface area contributed by atoms with Crippen molar-refractivity contribution in [2.45, 2.75) is 52.0 Å². The van der Waals surface area contributed by atoms with Gasteiger partial charge in [-0.05, 0) is 43.2 Å². The summed E-state index contributed by atoms with van der Waals surface area (Å²) in [4.78, 5) is 16.4. The second-order valence-electron chi connectivity index (χ2n) is 9.52. The number of aromatic nitrogens is 2. The number of halogens is 6. The smallest absolute Gasteiger partial charge is 0.263 e. The largest absolute Gasteiger partial charge is 0.308 e. The number of rotatable bonds is 11. The lowest BCUT2D eigenvalue weighted by molar-refractivity contribution is -0.117. The Morgan fingerprint density at radius 2 is 2.05 bits per heavy atom. The van der Waals surface area contributed by atoms with Gasteiger partial charge in [-0.25, -0.2) is 17.9 Å². The number of ketones is 1. The standard InChI is InChI=1S/C30H31Cl2F3N4O.CH3F/c1-4-22-16-37-18-28(40)14-23(22)6-5-9-36-17-26-15-27(12-21-10-24(30(34)35)13-25(32)11-21)39(38-26)19(2)7-8-29(33)20(3)31;1-2/h1,6,9-11,13,15,22,30,37H,2,5,7-8,12,14,16-18H2,3H3;1H3/b23-6-,29-20-,36-9?;. The molecule has 2 heterocycles. The number of carbonyl (C=O) groups excluding carboxylic acids is 1. The summed E-state index contributed by atoms with van der Waals surface area (Å²) < 4.78 is 51.8. The van der Waals surface area contributed by atoms with Crippen LogP contribution in [0.5, 0.6) is 0 Å². The minimum atomic E-state index is -2.66. The third-order valence-electron chi connectivity index (χ3n) is 6.35. The van der Waals surface area contributed by atoms with Gasteiger partial charge in [-0.3, -0.25) is 14.2 Å². The number of alkyl halides is 3. The molecule has 1 fully saturated rings. The van der Waals surface area contributed by atoms with Crippen molar-refractivity contribution in [3.8, 4) is 12.3 Å². The highest BCUT2D eigenvalue weighted by Gasteiger charge is 2.19. The first kappa shape index (κ1) is 35.0. The molecule has 1 N–H and O–H groups in total. The van der Waals surface area contributed by atoms with Gasteiger partial charge in [-0.15, -0.1) is 6.42 Å². The van der Waals surface area contributed by atoms with Crippen molar-refractivity contribution in [2.24, 2.45) is 10.9 Å². The third kappa shape index (κ3) is 10.9. The molecule has 11 heteroatoms. The molecule has 42 heavy (non-hydrogen) atoms. The molecule has 0 amide bonds. The van der Waals surface area contributed by atoms with Crippen LogP contribution in [0, 0.1) is 18.3 Å². The number of allylic oxidation sites excluding steroid dienone is 4. The van der Waals surface area contributed by atoms with E-state index in [2.05, 4.69) is 27.9 Å². The van der Waals surface area contributed by atoms with Gasteiger partial charge in [0, 0.05) is 65.5 Å².